The molecule has 96 valence electrons. The van der Waals surface area contributed by atoms with E-state index in [1.165, 1.54) is 6.07 Å². The lowest BCUT2D eigenvalue weighted by atomic mass is 10.1. The number of hydrogen-bond donors (Lipinski definition) is 1. The third-order valence-corrected chi connectivity index (χ3v) is 4.52. The summed E-state index contributed by atoms with van der Waals surface area (Å²) in [6.45, 7) is 9.91. The molecule has 0 amide bonds. The summed E-state index contributed by atoms with van der Waals surface area (Å²) in [6, 6.07) is 3.29. The highest BCUT2D eigenvalue weighted by molar-refractivity contribution is 8.00. The summed E-state index contributed by atoms with van der Waals surface area (Å²) in [4.78, 5) is 0.986. The van der Waals surface area contributed by atoms with Crippen molar-refractivity contribution in [2.24, 2.45) is 5.92 Å². The van der Waals surface area contributed by atoms with Crippen LogP contribution in [0.25, 0.3) is 0 Å². The van der Waals surface area contributed by atoms with Gasteiger partial charge >= 0.3 is 0 Å². The maximum Gasteiger partial charge on any atom is 0.126 e. The van der Waals surface area contributed by atoms with Crippen LogP contribution in [-0.2, 0) is 0 Å². The van der Waals surface area contributed by atoms with Crippen molar-refractivity contribution in [1.82, 2.24) is 0 Å². The lowest BCUT2D eigenvalue weighted by molar-refractivity contribution is 0.196. The van der Waals surface area contributed by atoms with E-state index >= 15 is 0 Å². The first-order valence-electron chi connectivity index (χ1n) is 5.97. The normalized spacial score (nSPS) is 15.1. The van der Waals surface area contributed by atoms with Crippen LogP contribution in [0.2, 0.25) is 0 Å². The minimum atomic E-state index is -0.632. The molecule has 0 aliphatic carbocycles. The van der Waals surface area contributed by atoms with Crippen LogP contribution in [0, 0.1) is 18.7 Å². The molecule has 1 rings (SSSR count). The monoisotopic (exact) mass is 256 g/mol. The first-order chi connectivity index (χ1) is 7.82. The highest BCUT2D eigenvalue weighted by atomic mass is 32.2. The van der Waals surface area contributed by atoms with Crippen molar-refractivity contribution in [3.8, 4) is 0 Å². The van der Waals surface area contributed by atoms with E-state index in [1.54, 1.807) is 25.6 Å². The minimum Gasteiger partial charge on any atom is -0.389 e. The summed E-state index contributed by atoms with van der Waals surface area (Å²) < 4.78 is 13.5. The Labute approximate surface area is 107 Å². The third kappa shape index (κ3) is 3.71. The van der Waals surface area contributed by atoms with Gasteiger partial charge in [0.1, 0.15) is 5.82 Å². The van der Waals surface area contributed by atoms with E-state index in [0.717, 1.165) is 4.90 Å². The van der Waals surface area contributed by atoms with Crippen LogP contribution < -0.4 is 0 Å². The third-order valence-electron chi connectivity index (χ3n) is 2.99. The van der Waals surface area contributed by atoms with Crippen molar-refractivity contribution in [1.29, 1.82) is 0 Å². The number of aliphatic hydroxyl groups is 1. The zero-order valence-electron chi connectivity index (χ0n) is 11.1. The van der Waals surface area contributed by atoms with E-state index < -0.39 is 6.10 Å². The Morgan fingerprint density at radius 2 is 1.76 bits per heavy atom. The summed E-state index contributed by atoms with van der Waals surface area (Å²) in [6.07, 6.45) is -0.632. The second-order valence-electron chi connectivity index (χ2n) is 4.88. The van der Waals surface area contributed by atoms with Crippen molar-refractivity contribution in [2.45, 2.75) is 50.9 Å². The van der Waals surface area contributed by atoms with Gasteiger partial charge in [0.15, 0.2) is 0 Å². The second-order valence-corrected chi connectivity index (χ2v) is 6.30. The van der Waals surface area contributed by atoms with Crippen LogP contribution >= 0.6 is 11.8 Å². The number of hydrogen-bond acceptors (Lipinski definition) is 2. The van der Waals surface area contributed by atoms with Crippen molar-refractivity contribution in [2.75, 3.05) is 0 Å². The minimum absolute atomic E-state index is 0.248. The van der Waals surface area contributed by atoms with Crippen LogP contribution in [0.5, 0.6) is 0 Å². The van der Waals surface area contributed by atoms with E-state index in [0.29, 0.717) is 22.3 Å². The average molecular weight is 256 g/mol. The van der Waals surface area contributed by atoms with Crippen LogP contribution in [0.1, 0.15) is 44.9 Å². The molecule has 1 nitrogen and oxygen atoms in total. The molecule has 0 saturated carbocycles. The van der Waals surface area contributed by atoms with Gasteiger partial charge in [0, 0.05) is 10.1 Å². The van der Waals surface area contributed by atoms with Crippen molar-refractivity contribution >= 4 is 11.8 Å². The molecule has 0 heterocycles. The first kappa shape index (κ1) is 14.5. The van der Waals surface area contributed by atoms with Gasteiger partial charge < -0.3 is 5.11 Å². The Hall–Kier alpha value is -0.540. The molecule has 0 saturated heterocycles. The molecule has 2 atom stereocenters. The van der Waals surface area contributed by atoms with Crippen molar-refractivity contribution < 1.29 is 9.50 Å². The summed E-state index contributed by atoms with van der Waals surface area (Å²) in [5.74, 6) is 0.301. The number of aryl methyl sites for hydroxylation is 1. The topological polar surface area (TPSA) is 20.2 Å². The molecule has 0 bridgehead atoms. The van der Waals surface area contributed by atoms with E-state index in [4.69, 9.17) is 0 Å². The Bertz CT molecular complexity index is 388. The summed E-state index contributed by atoms with van der Waals surface area (Å²) in [5, 5.41) is 10.1. The first-order valence-corrected chi connectivity index (χ1v) is 6.85. The molecule has 0 spiro atoms. The van der Waals surface area contributed by atoms with Gasteiger partial charge in [-0.05, 0) is 43.0 Å². The van der Waals surface area contributed by atoms with E-state index in [9.17, 15) is 9.50 Å². The molecule has 0 aliphatic rings. The molecule has 17 heavy (non-hydrogen) atoms. The Morgan fingerprint density at radius 3 is 2.24 bits per heavy atom. The smallest absolute Gasteiger partial charge is 0.126 e. The number of halogens is 1. The molecule has 0 aliphatic heterocycles. The molecule has 0 aromatic heterocycles. The zero-order valence-corrected chi connectivity index (χ0v) is 11.9. The highest BCUT2D eigenvalue weighted by Crippen LogP contribution is 2.34. The molecule has 1 unspecified atom stereocenters. The number of thioether (sulfide) groups is 1. The molecule has 1 aromatic carbocycles. The lowest BCUT2D eigenvalue weighted by Crippen LogP contribution is -2.07. The fraction of sp³-hybridized carbons (Fsp3) is 0.571. The highest BCUT2D eigenvalue weighted by Gasteiger charge is 2.16. The van der Waals surface area contributed by atoms with Gasteiger partial charge in [0.05, 0.1) is 6.10 Å². The standard InChI is InChI=1S/C14H21FOS/c1-8(2)11(5)17-14-6-9(3)13(15)7-12(14)10(4)16/h6-8,10-11,16H,1-5H3/t10-,11?/m1/s1. The Balaban J connectivity index is 3.08. The molecule has 0 fully saturated rings. The van der Waals surface area contributed by atoms with Crippen LogP contribution in [-0.4, -0.2) is 10.4 Å². The maximum absolute atomic E-state index is 13.5. The van der Waals surface area contributed by atoms with Crippen molar-refractivity contribution in [3.05, 3.63) is 29.1 Å². The molecule has 3 heteroatoms. The van der Waals surface area contributed by atoms with E-state index in [2.05, 4.69) is 20.8 Å². The van der Waals surface area contributed by atoms with Gasteiger partial charge in [-0.15, -0.1) is 11.8 Å². The fourth-order valence-electron chi connectivity index (χ4n) is 1.44. The molecular formula is C14H21FOS. The number of rotatable bonds is 4. The van der Waals surface area contributed by atoms with Gasteiger partial charge in [0.25, 0.3) is 0 Å². The number of benzene rings is 1. The zero-order chi connectivity index (χ0) is 13.2. The van der Waals surface area contributed by atoms with Crippen LogP contribution in [0.4, 0.5) is 4.39 Å². The maximum atomic E-state index is 13.5. The molecular weight excluding hydrogens is 235 g/mol. The van der Waals surface area contributed by atoms with Gasteiger partial charge in [0.2, 0.25) is 0 Å². The number of aliphatic hydroxyl groups excluding tert-OH is 1. The summed E-state index contributed by atoms with van der Waals surface area (Å²) >= 11 is 1.70. The van der Waals surface area contributed by atoms with E-state index in [1.807, 2.05) is 6.07 Å². The summed E-state index contributed by atoms with van der Waals surface area (Å²) in [7, 11) is 0. The quantitative estimate of drug-likeness (QED) is 0.809. The molecule has 0 radical (unpaired) electrons. The predicted octanol–water partition coefficient (Wildman–Crippen LogP) is 4.32. The predicted molar refractivity (Wildman–Crippen MR) is 71.9 cm³/mol. The fourth-order valence-corrected chi connectivity index (χ4v) is 2.72. The Kier molecular flexibility index (Phi) is 5.02. The van der Waals surface area contributed by atoms with E-state index in [-0.39, 0.29) is 5.82 Å². The largest absolute Gasteiger partial charge is 0.389 e. The van der Waals surface area contributed by atoms with Crippen LogP contribution in [0.3, 0.4) is 0 Å². The Morgan fingerprint density at radius 1 is 1.18 bits per heavy atom. The lowest BCUT2D eigenvalue weighted by Gasteiger charge is -2.19. The van der Waals surface area contributed by atoms with Gasteiger partial charge in [-0.1, -0.05) is 20.8 Å². The van der Waals surface area contributed by atoms with Crippen molar-refractivity contribution in [3.63, 3.8) is 0 Å². The average Bonchev–Trinajstić information content (AvgIpc) is 2.22. The van der Waals surface area contributed by atoms with Gasteiger partial charge in [-0.3, -0.25) is 0 Å². The summed E-state index contributed by atoms with van der Waals surface area (Å²) in [5.41, 5.74) is 1.32. The second kappa shape index (κ2) is 5.87. The van der Waals surface area contributed by atoms with Gasteiger partial charge in [-0.2, -0.15) is 0 Å². The molecule has 1 aromatic rings. The van der Waals surface area contributed by atoms with Crippen LogP contribution in [0.15, 0.2) is 17.0 Å². The van der Waals surface area contributed by atoms with Gasteiger partial charge in [-0.25, -0.2) is 4.39 Å². The molecule has 1 N–H and O–H groups in total. The SMILES string of the molecule is Cc1cc(SC(C)C(C)C)c([C@@H](C)O)cc1F.